The minimum absolute atomic E-state index is 0.231. The van der Waals surface area contributed by atoms with Gasteiger partial charge in [-0.2, -0.15) is 0 Å². The van der Waals surface area contributed by atoms with Gasteiger partial charge < -0.3 is 10.2 Å². The Morgan fingerprint density at radius 1 is 1.71 bits per heavy atom. The molecule has 2 fully saturated rings. The molecule has 0 aromatic carbocycles. The Labute approximate surface area is 82.8 Å². The molecule has 78 valence electrons. The van der Waals surface area contributed by atoms with Crippen molar-refractivity contribution in [1.82, 2.24) is 4.90 Å². The summed E-state index contributed by atoms with van der Waals surface area (Å²) in [4.78, 5) is 12.8. The van der Waals surface area contributed by atoms with Gasteiger partial charge in [-0.1, -0.05) is 6.58 Å². The van der Waals surface area contributed by atoms with Gasteiger partial charge in [0.25, 0.3) is 0 Å². The van der Waals surface area contributed by atoms with Crippen molar-refractivity contribution >= 4 is 5.97 Å². The lowest BCUT2D eigenvalue weighted by molar-refractivity contribution is -0.148. The number of aliphatic carboxylic acids is 1. The second-order valence-corrected chi connectivity index (χ2v) is 4.33. The van der Waals surface area contributed by atoms with Crippen molar-refractivity contribution in [3.8, 4) is 0 Å². The van der Waals surface area contributed by atoms with E-state index in [-0.39, 0.29) is 5.92 Å². The van der Waals surface area contributed by atoms with Crippen molar-refractivity contribution in [1.29, 1.82) is 0 Å². The third-order valence-corrected chi connectivity index (χ3v) is 3.41. The molecule has 2 N–H and O–H groups in total. The quantitative estimate of drug-likeness (QED) is 0.644. The van der Waals surface area contributed by atoms with Crippen molar-refractivity contribution < 1.29 is 15.0 Å². The van der Waals surface area contributed by atoms with Crippen molar-refractivity contribution in [2.75, 3.05) is 6.54 Å². The first-order valence-electron chi connectivity index (χ1n) is 4.83. The van der Waals surface area contributed by atoms with Crippen molar-refractivity contribution in [2.45, 2.75) is 31.5 Å². The summed E-state index contributed by atoms with van der Waals surface area (Å²) in [6.07, 6.45) is 0.738. The maximum absolute atomic E-state index is 11.1. The summed E-state index contributed by atoms with van der Waals surface area (Å²) >= 11 is 0. The van der Waals surface area contributed by atoms with Gasteiger partial charge in [0.2, 0.25) is 0 Å². The molecule has 4 nitrogen and oxygen atoms in total. The molecule has 0 spiro atoms. The molecule has 2 aliphatic rings. The maximum Gasteiger partial charge on any atom is 0.324 e. The monoisotopic (exact) mass is 197 g/mol. The summed E-state index contributed by atoms with van der Waals surface area (Å²) in [5.74, 6) is -0.575. The number of rotatable bonds is 3. The summed E-state index contributed by atoms with van der Waals surface area (Å²) in [5, 5.41) is 18.9. The Balaban J connectivity index is 2.21. The fourth-order valence-electron chi connectivity index (χ4n) is 2.50. The van der Waals surface area contributed by atoms with E-state index in [1.165, 1.54) is 0 Å². The predicted molar refractivity (Wildman–Crippen MR) is 50.6 cm³/mol. The fraction of sp³-hybridized carbons (Fsp3) is 0.700. The molecule has 1 heterocycles. The largest absolute Gasteiger partial charge is 0.480 e. The third-order valence-electron chi connectivity index (χ3n) is 3.41. The average Bonchev–Trinajstić information content (AvgIpc) is 2.73. The summed E-state index contributed by atoms with van der Waals surface area (Å²) < 4.78 is 0. The molecule has 1 aliphatic heterocycles. The highest BCUT2D eigenvalue weighted by molar-refractivity contribution is 5.84. The van der Waals surface area contributed by atoms with E-state index in [0.29, 0.717) is 18.5 Å². The van der Waals surface area contributed by atoms with Gasteiger partial charge in [-0.15, -0.1) is 0 Å². The first kappa shape index (κ1) is 9.68. The predicted octanol–water partition coefficient (Wildman–Crippen LogP) is 0.430. The van der Waals surface area contributed by atoms with E-state index >= 15 is 0 Å². The van der Waals surface area contributed by atoms with Crippen molar-refractivity contribution in [3.05, 3.63) is 12.2 Å². The molecular weight excluding hydrogens is 182 g/mol. The number of hydrogen-bond acceptors (Lipinski definition) is 3. The highest BCUT2D eigenvalue weighted by Crippen LogP contribution is 2.56. The zero-order chi connectivity index (χ0) is 10.5. The molecule has 0 radical (unpaired) electrons. The Kier molecular flexibility index (Phi) is 1.94. The van der Waals surface area contributed by atoms with Gasteiger partial charge in [-0.05, 0) is 31.3 Å². The lowest BCUT2D eigenvalue weighted by Crippen LogP contribution is -2.48. The molecule has 1 saturated heterocycles. The van der Waals surface area contributed by atoms with Crippen LogP contribution in [0.15, 0.2) is 12.2 Å². The molecular formula is C10H15NO3. The highest BCUT2D eigenvalue weighted by Gasteiger charge is 2.68. The first-order chi connectivity index (χ1) is 6.50. The normalized spacial score (nSPS) is 37.7. The van der Waals surface area contributed by atoms with Crippen molar-refractivity contribution in [3.63, 3.8) is 0 Å². The molecule has 14 heavy (non-hydrogen) atoms. The van der Waals surface area contributed by atoms with Gasteiger partial charge in [-0.3, -0.25) is 9.69 Å². The van der Waals surface area contributed by atoms with E-state index in [2.05, 4.69) is 6.58 Å². The van der Waals surface area contributed by atoms with Gasteiger partial charge in [0.15, 0.2) is 0 Å². The molecule has 2 rings (SSSR count). The second kappa shape index (κ2) is 2.81. The number of hydrogen-bond donors (Lipinski definition) is 2. The van der Waals surface area contributed by atoms with Gasteiger partial charge in [-0.25, -0.2) is 0 Å². The van der Waals surface area contributed by atoms with Gasteiger partial charge in [0.05, 0.1) is 0 Å². The van der Waals surface area contributed by atoms with Crippen LogP contribution < -0.4 is 0 Å². The minimum Gasteiger partial charge on any atom is -0.480 e. The number of carboxylic acids is 1. The molecule has 0 bridgehead atoms. The molecule has 3 atom stereocenters. The number of fused-ring (bicyclic) bond motifs is 1. The number of nitrogens with zero attached hydrogens (tertiary/aromatic N) is 1. The topological polar surface area (TPSA) is 60.8 Å². The molecule has 1 saturated carbocycles. The van der Waals surface area contributed by atoms with E-state index in [4.69, 9.17) is 5.11 Å². The molecule has 2 unspecified atom stereocenters. The maximum atomic E-state index is 11.1. The Hall–Kier alpha value is -0.870. The third kappa shape index (κ3) is 1.04. The van der Waals surface area contributed by atoms with Crippen LogP contribution >= 0.6 is 0 Å². The molecule has 0 aromatic heterocycles. The lowest BCUT2D eigenvalue weighted by atomic mass is 10.2. The van der Waals surface area contributed by atoms with E-state index in [1.54, 1.807) is 11.8 Å². The van der Waals surface area contributed by atoms with Crippen LogP contribution in [-0.2, 0) is 4.79 Å². The number of piperidine rings is 1. The Morgan fingerprint density at radius 3 is 2.79 bits per heavy atom. The summed E-state index contributed by atoms with van der Waals surface area (Å²) in [6, 6.07) is 0. The van der Waals surface area contributed by atoms with Crippen LogP contribution in [0.25, 0.3) is 0 Å². The van der Waals surface area contributed by atoms with Gasteiger partial charge in [0, 0.05) is 6.54 Å². The number of aliphatic hydroxyl groups excluding tert-OH is 1. The molecule has 0 amide bonds. The average molecular weight is 197 g/mol. The van der Waals surface area contributed by atoms with Crippen molar-refractivity contribution in [2.24, 2.45) is 5.92 Å². The van der Waals surface area contributed by atoms with E-state index in [0.717, 1.165) is 6.42 Å². The van der Waals surface area contributed by atoms with E-state index in [9.17, 15) is 9.90 Å². The second-order valence-electron chi connectivity index (χ2n) is 4.33. The Morgan fingerprint density at radius 2 is 2.36 bits per heavy atom. The Bertz CT molecular complexity index is 302. The van der Waals surface area contributed by atoms with Gasteiger partial charge >= 0.3 is 5.97 Å². The molecule has 4 heteroatoms. The van der Waals surface area contributed by atoms with Crippen LogP contribution in [0.5, 0.6) is 0 Å². The summed E-state index contributed by atoms with van der Waals surface area (Å²) in [6.45, 7) is 6.03. The van der Waals surface area contributed by atoms with Crippen LogP contribution in [0, 0.1) is 5.92 Å². The number of carbonyl (C=O) groups is 1. The van der Waals surface area contributed by atoms with Crippen LogP contribution in [-0.4, -0.2) is 39.4 Å². The summed E-state index contributed by atoms with van der Waals surface area (Å²) in [7, 11) is 0. The number of carboxylic acid groups (broad SMARTS) is 1. The molecule has 0 aromatic rings. The standard InChI is InChI=1S/C10H15NO3/c1-6(2)8(12)11-4-3-7-5-10(7,11)9(13)14/h7-8,12H,1,3-5H2,2H3,(H,13,14)/t7?,8?,10-/m1/s1. The zero-order valence-corrected chi connectivity index (χ0v) is 8.23. The number of likely N-dealkylation sites (tertiary alicyclic amines) is 1. The van der Waals surface area contributed by atoms with Crippen LogP contribution in [0.4, 0.5) is 0 Å². The van der Waals surface area contributed by atoms with Crippen LogP contribution in [0.3, 0.4) is 0 Å². The van der Waals surface area contributed by atoms with Gasteiger partial charge in [0.1, 0.15) is 11.8 Å². The minimum atomic E-state index is -0.807. The molecule has 1 aliphatic carbocycles. The first-order valence-corrected chi connectivity index (χ1v) is 4.83. The smallest absolute Gasteiger partial charge is 0.324 e. The fourth-order valence-corrected chi connectivity index (χ4v) is 2.50. The van der Waals surface area contributed by atoms with Crippen LogP contribution in [0.1, 0.15) is 19.8 Å². The highest BCUT2D eigenvalue weighted by atomic mass is 16.4. The zero-order valence-electron chi connectivity index (χ0n) is 8.23. The number of aliphatic hydroxyl groups is 1. The summed E-state index contributed by atoms with van der Waals surface area (Å²) in [5.41, 5.74) is -0.170. The van der Waals surface area contributed by atoms with E-state index in [1.807, 2.05) is 0 Å². The van der Waals surface area contributed by atoms with E-state index < -0.39 is 17.7 Å². The van der Waals surface area contributed by atoms with Crippen LogP contribution in [0.2, 0.25) is 0 Å². The lowest BCUT2D eigenvalue weighted by Gasteiger charge is -2.30. The SMILES string of the molecule is C=C(C)C(O)N1CCC2C[C@]21C(=O)O.